The quantitative estimate of drug-likeness (QED) is 0.154. The second-order valence-electron chi connectivity index (χ2n) is 14.9. The van der Waals surface area contributed by atoms with E-state index in [9.17, 15) is 0 Å². The smallest absolute Gasteiger partial charge is 0.129 e. The molecule has 1 unspecified atom stereocenters. The molecule has 5 aromatic carbocycles. The number of fused-ring (bicyclic) bond motifs is 3. The second kappa shape index (κ2) is 13.3. The number of para-hydroxylation sites is 1. The fraction of sp³-hybridized carbons (Fsp3) is 0.283. The lowest BCUT2D eigenvalue weighted by atomic mass is 9.92. The molecule has 0 N–H and O–H groups in total. The third-order valence-electron chi connectivity index (χ3n) is 10.3. The zero-order valence-corrected chi connectivity index (χ0v) is 31.0. The summed E-state index contributed by atoms with van der Waals surface area (Å²) >= 11 is 0. The first-order valence-corrected chi connectivity index (χ1v) is 18.1. The normalized spacial score (nSPS) is 12.5. The van der Waals surface area contributed by atoms with Crippen LogP contribution in [0.3, 0.4) is 0 Å². The Labute approximate surface area is 297 Å². The van der Waals surface area contributed by atoms with E-state index in [0.717, 1.165) is 40.5 Å². The van der Waals surface area contributed by atoms with Gasteiger partial charge in [0.2, 0.25) is 0 Å². The summed E-state index contributed by atoms with van der Waals surface area (Å²) in [5.41, 5.74) is 14.3. The molecule has 0 aliphatic carbocycles. The molecule has 50 heavy (non-hydrogen) atoms. The third-order valence-corrected chi connectivity index (χ3v) is 10.3. The summed E-state index contributed by atoms with van der Waals surface area (Å²) in [5, 5.41) is 7.54. The van der Waals surface area contributed by atoms with Crippen LogP contribution in [0.4, 0.5) is 0 Å². The molecule has 0 radical (unpaired) electrons. The molecule has 0 saturated heterocycles. The van der Waals surface area contributed by atoms with Gasteiger partial charge in [-0.25, -0.2) is 4.68 Å². The summed E-state index contributed by atoms with van der Waals surface area (Å²) < 4.78 is 11.3. The molecule has 7 aromatic rings. The average molecular weight is 660 g/mol. The predicted molar refractivity (Wildman–Crippen MR) is 211 cm³/mol. The van der Waals surface area contributed by atoms with Gasteiger partial charge >= 0.3 is 0 Å². The van der Waals surface area contributed by atoms with Gasteiger partial charge in [-0.3, -0.25) is 0 Å². The van der Waals surface area contributed by atoms with Gasteiger partial charge in [0.05, 0.1) is 22.4 Å². The molecular weight excluding hydrogens is 611 g/mol. The van der Waals surface area contributed by atoms with E-state index in [4.69, 9.17) is 9.84 Å². The molecule has 2 aromatic heterocycles. The minimum absolute atomic E-state index is 0.322. The molecule has 0 amide bonds. The minimum atomic E-state index is 0.322. The molecule has 4 nitrogen and oxygen atoms in total. The first-order valence-electron chi connectivity index (χ1n) is 18.1. The largest absolute Gasteiger partial charge is 0.457 e. The van der Waals surface area contributed by atoms with Crippen LogP contribution in [0.15, 0.2) is 103 Å². The van der Waals surface area contributed by atoms with Gasteiger partial charge in [0.15, 0.2) is 0 Å². The Morgan fingerprint density at radius 3 is 2.04 bits per heavy atom. The van der Waals surface area contributed by atoms with Gasteiger partial charge in [-0.15, -0.1) is 0 Å². The van der Waals surface area contributed by atoms with E-state index in [0.29, 0.717) is 17.8 Å². The average Bonchev–Trinajstić information content (AvgIpc) is 3.57. The first-order chi connectivity index (χ1) is 24.0. The SMILES string of the molecule is Cc1cccc(C)c1-c1c(C)nn(-c2cc(Oc3ccc4c5ccccc5n(-c5cccc(C(C)CC(C)C)c5)c4c3)cc(C(C)C)c2)c1C. The fourth-order valence-electron chi connectivity index (χ4n) is 7.83. The van der Waals surface area contributed by atoms with Crippen LogP contribution in [0.1, 0.15) is 86.5 Å². The molecule has 2 heterocycles. The summed E-state index contributed by atoms with van der Waals surface area (Å²) in [5.74, 6) is 3.07. The van der Waals surface area contributed by atoms with Gasteiger partial charge in [-0.1, -0.05) is 83.1 Å². The van der Waals surface area contributed by atoms with Crippen LogP contribution in [-0.2, 0) is 0 Å². The molecule has 1 atom stereocenters. The number of rotatable bonds is 9. The van der Waals surface area contributed by atoms with Gasteiger partial charge in [0.1, 0.15) is 11.5 Å². The Bertz CT molecular complexity index is 2330. The topological polar surface area (TPSA) is 32.0 Å². The maximum absolute atomic E-state index is 6.78. The van der Waals surface area contributed by atoms with Gasteiger partial charge in [0.25, 0.3) is 0 Å². The van der Waals surface area contributed by atoms with Gasteiger partial charge in [0, 0.05) is 39.8 Å². The monoisotopic (exact) mass is 659 g/mol. The van der Waals surface area contributed by atoms with E-state index in [-0.39, 0.29) is 0 Å². The highest BCUT2D eigenvalue weighted by atomic mass is 16.5. The van der Waals surface area contributed by atoms with E-state index in [2.05, 4.69) is 175 Å². The standard InChI is InChI=1S/C46H49N3O/c1-28(2)22-32(7)35-16-13-17-37(23-35)48-43-19-11-10-18-41(43)42-21-20-39(27-44(42)48)50-40-25-36(29(3)4)24-38(26-40)49-34(9)46(33(8)47-49)45-30(5)14-12-15-31(45)6/h10-21,23-29,32H,22H2,1-9H3. The van der Waals surface area contributed by atoms with Crippen LogP contribution in [0.5, 0.6) is 11.5 Å². The molecular formula is C46H49N3O. The zero-order chi connectivity index (χ0) is 35.3. The molecule has 0 saturated carbocycles. The van der Waals surface area contributed by atoms with Crippen LogP contribution in [0, 0.1) is 33.6 Å². The van der Waals surface area contributed by atoms with Crippen molar-refractivity contribution < 1.29 is 4.74 Å². The number of benzene rings is 5. The van der Waals surface area contributed by atoms with Crippen molar-refractivity contribution in [3.8, 4) is 34.0 Å². The van der Waals surface area contributed by atoms with Crippen molar-refractivity contribution in [3.63, 3.8) is 0 Å². The highest BCUT2D eigenvalue weighted by molar-refractivity contribution is 6.09. The zero-order valence-electron chi connectivity index (χ0n) is 31.0. The summed E-state index contributed by atoms with van der Waals surface area (Å²) in [6.07, 6.45) is 1.16. The number of aryl methyl sites for hydroxylation is 3. The minimum Gasteiger partial charge on any atom is -0.457 e. The van der Waals surface area contributed by atoms with E-state index in [1.165, 1.54) is 55.4 Å². The Balaban J connectivity index is 1.32. The lowest BCUT2D eigenvalue weighted by molar-refractivity contribution is 0.481. The Morgan fingerprint density at radius 1 is 0.600 bits per heavy atom. The number of aromatic nitrogens is 3. The second-order valence-corrected chi connectivity index (χ2v) is 14.9. The lowest BCUT2D eigenvalue weighted by Gasteiger charge is -2.17. The Hall–Kier alpha value is -5.09. The number of ether oxygens (including phenoxy) is 1. The van der Waals surface area contributed by atoms with E-state index in [1.54, 1.807) is 0 Å². The van der Waals surface area contributed by atoms with Gasteiger partial charge in [-0.05, 0) is 122 Å². The van der Waals surface area contributed by atoms with Crippen molar-refractivity contribution in [3.05, 3.63) is 137 Å². The van der Waals surface area contributed by atoms with Crippen molar-refractivity contribution in [1.29, 1.82) is 0 Å². The number of nitrogens with zero attached hydrogens (tertiary/aromatic N) is 3. The maximum Gasteiger partial charge on any atom is 0.129 e. The maximum atomic E-state index is 6.78. The van der Waals surface area contributed by atoms with Crippen molar-refractivity contribution in [2.45, 2.75) is 80.6 Å². The van der Waals surface area contributed by atoms with Crippen LogP contribution < -0.4 is 4.74 Å². The first kappa shape index (κ1) is 33.4. The molecule has 0 spiro atoms. The Kier molecular flexibility index (Phi) is 8.90. The summed E-state index contributed by atoms with van der Waals surface area (Å²) in [6, 6.07) is 37.3. The van der Waals surface area contributed by atoms with Crippen LogP contribution in [0.25, 0.3) is 44.3 Å². The molecule has 0 fully saturated rings. The summed E-state index contributed by atoms with van der Waals surface area (Å²) in [6.45, 7) is 20.1. The van der Waals surface area contributed by atoms with E-state index >= 15 is 0 Å². The highest BCUT2D eigenvalue weighted by Crippen LogP contribution is 2.38. The molecule has 254 valence electrons. The third kappa shape index (κ3) is 6.13. The molecule has 4 heteroatoms. The van der Waals surface area contributed by atoms with Gasteiger partial charge in [-0.2, -0.15) is 5.10 Å². The van der Waals surface area contributed by atoms with Crippen LogP contribution in [0.2, 0.25) is 0 Å². The predicted octanol–water partition coefficient (Wildman–Crippen LogP) is 12.9. The van der Waals surface area contributed by atoms with Crippen molar-refractivity contribution in [1.82, 2.24) is 14.3 Å². The lowest BCUT2D eigenvalue weighted by Crippen LogP contribution is -2.02. The van der Waals surface area contributed by atoms with Crippen LogP contribution in [-0.4, -0.2) is 14.3 Å². The molecule has 0 aliphatic heterocycles. The summed E-state index contributed by atoms with van der Waals surface area (Å²) in [4.78, 5) is 0. The fourth-order valence-corrected chi connectivity index (χ4v) is 7.83. The van der Waals surface area contributed by atoms with Crippen molar-refractivity contribution in [2.75, 3.05) is 0 Å². The van der Waals surface area contributed by atoms with E-state index in [1.807, 2.05) is 0 Å². The molecule has 0 aliphatic rings. The number of hydrogen-bond donors (Lipinski definition) is 0. The van der Waals surface area contributed by atoms with Crippen molar-refractivity contribution >= 4 is 21.8 Å². The summed E-state index contributed by atoms with van der Waals surface area (Å²) in [7, 11) is 0. The molecule has 0 bridgehead atoms. The van der Waals surface area contributed by atoms with E-state index < -0.39 is 0 Å². The number of hydrogen-bond acceptors (Lipinski definition) is 2. The van der Waals surface area contributed by atoms with Crippen molar-refractivity contribution in [2.24, 2.45) is 5.92 Å². The molecule has 7 rings (SSSR count). The van der Waals surface area contributed by atoms with Gasteiger partial charge < -0.3 is 9.30 Å². The van der Waals surface area contributed by atoms with Crippen LogP contribution >= 0.6 is 0 Å². The Morgan fingerprint density at radius 2 is 1.30 bits per heavy atom. The highest BCUT2D eigenvalue weighted by Gasteiger charge is 2.20.